The number of pyridine rings is 1. The van der Waals surface area contributed by atoms with Gasteiger partial charge in [0.2, 0.25) is 0 Å². The standard InChI is InChI=1S/C20H23ClN2O/c1-23-13-3-2-9-18(23)20(24)19-16(7-5-12-22-19)11-10-15-6-4-8-17(21)14-15/h4-8,12,14,18H,2-3,9-11,13H2,1H3. The van der Waals surface area contributed by atoms with Crippen LogP contribution >= 0.6 is 11.6 Å². The van der Waals surface area contributed by atoms with E-state index in [9.17, 15) is 4.79 Å². The quantitative estimate of drug-likeness (QED) is 0.764. The summed E-state index contributed by atoms with van der Waals surface area (Å²) in [7, 11) is 2.04. The highest BCUT2D eigenvalue weighted by Crippen LogP contribution is 2.21. The Morgan fingerprint density at radius 2 is 2.12 bits per heavy atom. The summed E-state index contributed by atoms with van der Waals surface area (Å²) in [6.45, 7) is 0.987. The summed E-state index contributed by atoms with van der Waals surface area (Å²) in [5, 5.41) is 0.749. The summed E-state index contributed by atoms with van der Waals surface area (Å²) in [6.07, 6.45) is 6.59. The van der Waals surface area contributed by atoms with E-state index in [1.54, 1.807) is 6.20 Å². The third kappa shape index (κ3) is 4.03. The van der Waals surface area contributed by atoms with E-state index in [-0.39, 0.29) is 11.8 Å². The SMILES string of the molecule is CN1CCCCC1C(=O)c1ncccc1CCc1cccc(Cl)c1. The van der Waals surface area contributed by atoms with Crippen LogP contribution < -0.4 is 0 Å². The van der Waals surface area contributed by atoms with Crippen molar-refractivity contribution in [2.45, 2.75) is 38.1 Å². The number of Topliss-reactive ketones (excluding diaryl/α,β-unsaturated/α-hetero) is 1. The fourth-order valence-electron chi connectivity index (χ4n) is 3.40. The fraction of sp³-hybridized carbons (Fsp3) is 0.400. The lowest BCUT2D eigenvalue weighted by atomic mass is 9.93. The first kappa shape index (κ1) is 17.1. The fourth-order valence-corrected chi connectivity index (χ4v) is 3.61. The van der Waals surface area contributed by atoms with E-state index in [2.05, 4.69) is 16.0 Å². The molecule has 24 heavy (non-hydrogen) atoms. The first-order chi connectivity index (χ1) is 11.6. The number of nitrogens with zero attached hydrogens (tertiary/aromatic N) is 2. The summed E-state index contributed by atoms with van der Waals surface area (Å²) in [5.74, 6) is 0.166. The zero-order valence-corrected chi connectivity index (χ0v) is 14.8. The van der Waals surface area contributed by atoms with Gasteiger partial charge < -0.3 is 0 Å². The van der Waals surface area contributed by atoms with Crippen LogP contribution in [0.15, 0.2) is 42.6 Å². The maximum atomic E-state index is 13.0. The van der Waals surface area contributed by atoms with Crippen LogP contribution in [0.25, 0.3) is 0 Å². The minimum Gasteiger partial charge on any atom is -0.296 e. The van der Waals surface area contributed by atoms with Gasteiger partial charge in [0.25, 0.3) is 0 Å². The average Bonchev–Trinajstić information content (AvgIpc) is 2.60. The minimum absolute atomic E-state index is 0.0291. The molecular formula is C20H23ClN2O. The number of halogens is 1. The van der Waals surface area contributed by atoms with Crippen LogP contribution in [-0.4, -0.2) is 35.3 Å². The van der Waals surface area contributed by atoms with Gasteiger partial charge in [-0.15, -0.1) is 0 Å². The zero-order chi connectivity index (χ0) is 16.9. The second kappa shape index (κ2) is 7.91. The van der Waals surface area contributed by atoms with E-state index in [0.717, 1.165) is 42.8 Å². The molecular weight excluding hydrogens is 320 g/mol. The van der Waals surface area contributed by atoms with Gasteiger partial charge in [0.1, 0.15) is 5.69 Å². The first-order valence-corrected chi connectivity index (χ1v) is 8.96. The van der Waals surface area contributed by atoms with Gasteiger partial charge in [-0.1, -0.05) is 36.2 Å². The van der Waals surface area contributed by atoms with Crippen molar-refractivity contribution in [1.82, 2.24) is 9.88 Å². The molecule has 4 heteroatoms. The number of benzene rings is 1. The lowest BCUT2D eigenvalue weighted by molar-refractivity contribution is 0.0792. The van der Waals surface area contributed by atoms with Crippen LogP contribution in [0.2, 0.25) is 5.02 Å². The molecule has 1 aliphatic heterocycles. The minimum atomic E-state index is -0.0291. The Labute approximate surface area is 148 Å². The molecule has 1 aromatic carbocycles. The van der Waals surface area contributed by atoms with Crippen molar-refractivity contribution in [2.75, 3.05) is 13.6 Å². The van der Waals surface area contributed by atoms with Crippen molar-refractivity contribution in [3.05, 3.63) is 64.4 Å². The molecule has 0 radical (unpaired) electrons. The largest absolute Gasteiger partial charge is 0.296 e. The Balaban J connectivity index is 1.76. The van der Waals surface area contributed by atoms with Gasteiger partial charge in [-0.3, -0.25) is 14.7 Å². The molecule has 2 aromatic rings. The number of aromatic nitrogens is 1. The van der Waals surface area contributed by atoms with Crippen LogP contribution in [0, 0.1) is 0 Å². The van der Waals surface area contributed by atoms with Crippen LogP contribution in [0.4, 0.5) is 0 Å². The van der Waals surface area contributed by atoms with Gasteiger partial charge in [-0.2, -0.15) is 0 Å². The topological polar surface area (TPSA) is 33.2 Å². The second-order valence-corrected chi connectivity index (χ2v) is 6.93. The van der Waals surface area contributed by atoms with Gasteiger partial charge in [-0.05, 0) is 68.6 Å². The number of piperidine rings is 1. The maximum Gasteiger partial charge on any atom is 0.198 e. The lowest BCUT2D eigenvalue weighted by Crippen LogP contribution is -2.42. The van der Waals surface area contributed by atoms with Crippen molar-refractivity contribution >= 4 is 17.4 Å². The molecule has 1 unspecified atom stereocenters. The molecule has 1 saturated heterocycles. The van der Waals surface area contributed by atoms with Crippen molar-refractivity contribution in [3.8, 4) is 0 Å². The molecule has 0 saturated carbocycles. The average molecular weight is 343 g/mol. The first-order valence-electron chi connectivity index (χ1n) is 8.58. The number of aryl methyl sites for hydroxylation is 2. The highest BCUT2D eigenvalue weighted by molar-refractivity contribution is 6.30. The molecule has 0 bridgehead atoms. The second-order valence-electron chi connectivity index (χ2n) is 6.50. The Hall–Kier alpha value is -1.71. The van der Waals surface area contributed by atoms with E-state index in [1.807, 2.05) is 37.4 Å². The normalized spacial score (nSPS) is 18.5. The molecule has 1 aliphatic rings. The number of rotatable bonds is 5. The van der Waals surface area contributed by atoms with Crippen molar-refractivity contribution in [1.29, 1.82) is 0 Å². The van der Waals surface area contributed by atoms with Crippen LogP contribution in [0.1, 0.15) is 40.9 Å². The van der Waals surface area contributed by atoms with Crippen molar-refractivity contribution in [3.63, 3.8) is 0 Å². The van der Waals surface area contributed by atoms with E-state index in [0.29, 0.717) is 5.69 Å². The molecule has 2 heterocycles. The number of likely N-dealkylation sites (N-methyl/N-ethyl adjacent to an activating group) is 1. The summed E-state index contributed by atoms with van der Waals surface area (Å²) < 4.78 is 0. The summed E-state index contributed by atoms with van der Waals surface area (Å²) in [6, 6.07) is 11.8. The zero-order valence-electron chi connectivity index (χ0n) is 14.0. The predicted molar refractivity (Wildman–Crippen MR) is 97.7 cm³/mol. The molecule has 0 amide bonds. The Kier molecular flexibility index (Phi) is 5.64. The number of carbonyl (C=O) groups excluding carboxylic acids is 1. The van der Waals surface area contributed by atoms with Gasteiger partial charge in [0.05, 0.1) is 6.04 Å². The van der Waals surface area contributed by atoms with Gasteiger partial charge >= 0.3 is 0 Å². The van der Waals surface area contributed by atoms with Gasteiger partial charge in [0.15, 0.2) is 5.78 Å². The van der Waals surface area contributed by atoms with E-state index in [4.69, 9.17) is 11.6 Å². The maximum absolute atomic E-state index is 13.0. The van der Waals surface area contributed by atoms with Crippen LogP contribution in [-0.2, 0) is 12.8 Å². The molecule has 1 atom stereocenters. The van der Waals surface area contributed by atoms with Crippen molar-refractivity contribution in [2.24, 2.45) is 0 Å². The highest BCUT2D eigenvalue weighted by atomic mass is 35.5. The highest BCUT2D eigenvalue weighted by Gasteiger charge is 2.28. The smallest absolute Gasteiger partial charge is 0.198 e. The summed E-state index contributed by atoms with van der Waals surface area (Å²) >= 11 is 6.05. The van der Waals surface area contributed by atoms with E-state index in [1.165, 1.54) is 12.0 Å². The number of likely N-dealkylation sites (tertiary alicyclic amines) is 1. The van der Waals surface area contributed by atoms with Crippen LogP contribution in [0.3, 0.4) is 0 Å². The summed E-state index contributed by atoms with van der Waals surface area (Å²) in [4.78, 5) is 19.6. The van der Waals surface area contributed by atoms with E-state index < -0.39 is 0 Å². The molecule has 0 spiro atoms. The number of ketones is 1. The molecule has 3 nitrogen and oxygen atoms in total. The van der Waals surface area contributed by atoms with Gasteiger partial charge in [0, 0.05) is 11.2 Å². The molecule has 1 aromatic heterocycles. The summed E-state index contributed by atoms with van der Waals surface area (Å²) in [5.41, 5.74) is 2.85. The monoisotopic (exact) mass is 342 g/mol. The van der Waals surface area contributed by atoms with Crippen LogP contribution in [0.5, 0.6) is 0 Å². The molecule has 3 rings (SSSR count). The molecule has 0 aliphatic carbocycles. The number of carbonyl (C=O) groups is 1. The molecule has 126 valence electrons. The lowest BCUT2D eigenvalue weighted by Gasteiger charge is -2.31. The van der Waals surface area contributed by atoms with E-state index >= 15 is 0 Å². The number of hydrogen-bond acceptors (Lipinski definition) is 3. The third-order valence-corrected chi connectivity index (χ3v) is 5.00. The number of hydrogen-bond donors (Lipinski definition) is 0. The Morgan fingerprint density at radius 1 is 1.25 bits per heavy atom. The molecule has 1 fully saturated rings. The predicted octanol–water partition coefficient (Wildman–Crippen LogP) is 4.19. The van der Waals surface area contributed by atoms with Gasteiger partial charge in [-0.25, -0.2) is 0 Å². The molecule has 0 N–H and O–H groups in total. The Morgan fingerprint density at radius 3 is 2.92 bits per heavy atom. The van der Waals surface area contributed by atoms with Crippen molar-refractivity contribution < 1.29 is 4.79 Å². The Bertz CT molecular complexity index is 716. The third-order valence-electron chi connectivity index (χ3n) is 4.77.